The van der Waals surface area contributed by atoms with Gasteiger partial charge in [0.15, 0.2) is 0 Å². The molecule has 1 fully saturated rings. The van der Waals surface area contributed by atoms with E-state index in [2.05, 4.69) is 29.4 Å². The molecule has 1 aromatic heterocycles. The number of aromatic nitrogens is 2. The van der Waals surface area contributed by atoms with Crippen LogP contribution in [0.25, 0.3) is 0 Å². The fourth-order valence-electron chi connectivity index (χ4n) is 1.77. The number of anilines is 1. The van der Waals surface area contributed by atoms with Gasteiger partial charge in [0.25, 0.3) is 0 Å². The summed E-state index contributed by atoms with van der Waals surface area (Å²) in [7, 11) is 0. The van der Waals surface area contributed by atoms with Gasteiger partial charge in [-0.3, -0.25) is 0 Å². The van der Waals surface area contributed by atoms with E-state index in [-0.39, 0.29) is 0 Å². The van der Waals surface area contributed by atoms with Crippen molar-refractivity contribution in [3.63, 3.8) is 0 Å². The molecular formula is C11H19N3S2. The molecule has 0 aromatic carbocycles. The summed E-state index contributed by atoms with van der Waals surface area (Å²) in [4.78, 5) is 0. The third-order valence-electron chi connectivity index (χ3n) is 2.54. The Labute approximate surface area is 105 Å². The molecule has 1 N–H and O–H groups in total. The lowest BCUT2D eigenvalue weighted by molar-refractivity contribution is 0.639. The van der Waals surface area contributed by atoms with E-state index in [0.717, 1.165) is 16.6 Å². The summed E-state index contributed by atoms with van der Waals surface area (Å²) in [5.74, 6) is 3.18. The van der Waals surface area contributed by atoms with Crippen LogP contribution in [-0.4, -0.2) is 27.7 Å². The van der Waals surface area contributed by atoms with Crippen LogP contribution < -0.4 is 5.32 Å². The Kier molecular flexibility index (Phi) is 4.46. The molecular weight excluding hydrogens is 238 g/mol. The summed E-state index contributed by atoms with van der Waals surface area (Å²) in [6.45, 7) is 4.43. The van der Waals surface area contributed by atoms with Crippen LogP contribution in [0.15, 0.2) is 0 Å². The molecule has 1 saturated heterocycles. The monoisotopic (exact) mass is 257 g/mol. The number of thioether (sulfide) groups is 1. The number of nitrogens with zero attached hydrogens (tertiary/aromatic N) is 2. The lowest BCUT2D eigenvalue weighted by Crippen LogP contribution is -2.25. The van der Waals surface area contributed by atoms with E-state index in [1.54, 1.807) is 11.3 Å². The predicted molar refractivity (Wildman–Crippen MR) is 72.4 cm³/mol. The maximum atomic E-state index is 4.22. The molecule has 0 radical (unpaired) electrons. The van der Waals surface area contributed by atoms with Gasteiger partial charge < -0.3 is 5.32 Å². The van der Waals surface area contributed by atoms with Crippen LogP contribution in [0, 0.1) is 5.92 Å². The zero-order chi connectivity index (χ0) is 11.4. The second-order valence-electron chi connectivity index (χ2n) is 4.66. The van der Waals surface area contributed by atoms with Crippen LogP contribution in [0.1, 0.15) is 31.7 Å². The van der Waals surface area contributed by atoms with Gasteiger partial charge >= 0.3 is 0 Å². The molecule has 0 bridgehead atoms. The summed E-state index contributed by atoms with van der Waals surface area (Å²) < 4.78 is 0. The molecule has 1 aliphatic rings. The fourth-order valence-corrected chi connectivity index (χ4v) is 3.87. The molecule has 16 heavy (non-hydrogen) atoms. The van der Waals surface area contributed by atoms with Gasteiger partial charge in [0.2, 0.25) is 5.13 Å². The zero-order valence-electron chi connectivity index (χ0n) is 9.90. The van der Waals surface area contributed by atoms with E-state index in [4.69, 9.17) is 0 Å². The second-order valence-corrected chi connectivity index (χ2v) is 6.87. The number of hydrogen-bond donors (Lipinski definition) is 1. The van der Waals surface area contributed by atoms with Crippen LogP contribution in [0.5, 0.6) is 0 Å². The maximum Gasteiger partial charge on any atom is 0.205 e. The van der Waals surface area contributed by atoms with Crippen molar-refractivity contribution in [3.05, 3.63) is 5.01 Å². The van der Waals surface area contributed by atoms with Crippen LogP contribution in [0.4, 0.5) is 5.13 Å². The zero-order valence-corrected chi connectivity index (χ0v) is 11.5. The summed E-state index contributed by atoms with van der Waals surface area (Å²) in [5.41, 5.74) is 0. The average molecular weight is 257 g/mol. The molecule has 90 valence electrons. The van der Waals surface area contributed by atoms with Crippen molar-refractivity contribution >= 4 is 28.2 Å². The molecule has 0 aliphatic carbocycles. The smallest absolute Gasteiger partial charge is 0.205 e. The summed E-state index contributed by atoms with van der Waals surface area (Å²) in [5, 5.41) is 14.1. The first kappa shape index (κ1) is 12.2. The maximum absolute atomic E-state index is 4.22. The van der Waals surface area contributed by atoms with E-state index < -0.39 is 0 Å². The second kappa shape index (κ2) is 5.87. The lowest BCUT2D eigenvalue weighted by Gasteiger charge is -2.21. The predicted octanol–water partition coefficient (Wildman–Crippen LogP) is 3.04. The van der Waals surface area contributed by atoms with E-state index in [1.165, 1.54) is 24.3 Å². The van der Waals surface area contributed by atoms with Gasteiger partial charge in [0, 0.05) is 18.2 Å². The summed E-state index contributed by atoms with van der Waals surface area (Å²) >= 11 is 3.75. The number of nitrogens with one attached hydrogen (secondary N) is 1. The third kappa shape index (κ3) is 3.63. The first-order chi connectivity index (χ1) is 7.74. The molecule has 3 nitrogen and oxygen atoms in total. The van der Waals surface area contributed by atoms with Gasteiger partial charge in [-0.25, -0.2) is 0 Å². The molecule has 2 heterocycles. The first-order valence-corrected chi connectivity index (χ1v) is 7.88. The molecule has 1 unspecified atom stereocenters. The van der Waals surface area contributed by atoms with Crippen molar-refractivity contribution < 1.29 is 0 Å². The number of rotatable bonds is 4. The summed E-state index contributed by atoms with van der Waals surface area (Å²) in [6.07, 6.45) is 3.63. The largest absolute Gasteiger partial charge is 0.357 e. The Bertz CT molecular complexity index is 319. The summed E-state index contributed by atoms with van der Waals surface area (Å²) in [6, 6.07) is 0.596. The quantitative estimate of drug-likeness (QED) is 0.899. The first-order valence-electron chi connectivity index (χ1n) is 5.90. The minimum Gasteiger partial charge on any atom is -0.357 e. The van der Waals surface area contributed by atoms with E-state index in [1.807, 2.05) is 11.8 Å². The van der Waals surface area contributed by atoms with Gasteiger partial charge in [-0.2, -0.15) is 11.8 Å². The van der Waals surface area contributed by atoms with Crippen molar-refractivity contribution in [1.82, 2.24) is 10.2 Å². The lowest BCUT2D eigenvalue weighted by atomic mass is 10.1. The highest BCUT2D eigenvalue weighted by molar-refractivity contribution is 7.99. The minimum absolute atomic E-state index is 0.596. The van der Waals surface area contributed by atoms with Crippen LogP contribution >= 0.6 is 23.1 Å². The van der Waals surface area contributed by atoms with Gasteiger partial charge in [-0.15, -0.1) is 10.2 Å². The van der Waals surface area contributed by atoms with Crippen molar-refractivity contribution in [2.24, 2.45) is 5.92 Å². The Hall–Kier alpha value is -0.290. The van der Waals surface area contributed by atoms with Crippen molar-refractivity contribution in [3.8, 4) is 0 Å². The highest BCUT2D eigenvalue weighted by Crippen LogP contribution is 2.23. The average Bonchev–Trinajstić information content (AvgIpc) is 2.66. The molecule has 1 aromatic rings. The van der Waals surface area contributed by atoms with E-state index in [0.29, 0.717) is 12.0 Å². The Morgan fingerprint density at radius 3 is 3.00 bits per heavy atom. The van der Waals surface area contributed by atoms with Crippen LogP contribution in [0.2, 0.25) is 0 Å². The Morgan fingerprint density at radius 2 is 2.31 bits per heavy atom. The van der Waals surface area contributed by atoms with Crippen molar-refractivity contribution in [1.29, 1.82) is 0 Å². The standard InChI is InChI=1S/C11H19N3S2/c1-8(2)6-10-13-14-11(16-10)12-9-4-3-5-15-7-9/h8-9H,3-7H2,1-2H3,(H,12,14). The Morgan fingerprint density at radius 1 is 1.44 bits per heavy atom. The van der Waals surface area contributed by atoms with Gasteiger partial charge in [-0.1, -0.05) is 25.2 Å². The number of hydrogen-bond acceptors (Lipinski definition) is 5. The van der Waals surface area contributed by atoms with Gasteiger partial charge in [0.05, 0.1) is 0 Å². The molecule has 0 amide bonds. The fraction of sp³-hybridized carbons (Fsp3) is 0.818. The van der Waals surface area contributed by atoms with E-state index in [9.17, 15) is 0 Å². The van der Waals surface area contributed by atoms with Gasteiger partial charge in [0.1, 0.15) is 5.01 Å². The highest BCUT2D eigenvalue weighted by Gasteiger charge is 2.15. The molecule has 0 spiro atoms. The Balaban J connectivity index is 1.86. The van der Waals surface area contributed by atoms with E-state index >= 15 is 0 Å². The SMILES string of the molecule is CC(C)Cc1nnc(NC2CCCSC2)s1. The van der Waals surface area contributed by atoms with Crippen molar-refractivity contribution in [2.75, 3.05) is 16.8 Å². The van der Waals surface area contributed by atoms with Crippen LogP contribution in [0.3, 0.4) is 0 Å². The third-order valence-corrected chi connectivity index (χ3v) is 4.63. The normalized spacial score (nSPS) is 21.3. The molecule has 2 rings (SSSR count). The minimum atomic E-state index is 0.596. The highest BCUT2D eigenvalue weighted by atomic mass is 32.2. The molecule has 0 saturated carbocycles. The molecule has 5 heteroatoms. The molecule has 1 aliphatic heterocycles. The molecule has 1 atom stereocenters. The van der Waals surface area contributed by atoms with Crippen LogP contribution in [-0.2, 0) is 6.42 Å². The van der Waals surface area contributed by atoms with Gasteiger partial charge in [-0.05, 0) is 24.5 Å². The van der Waals surface area contributed by atoms with Crippen molar-refractivity contribution in [2.45, 2.75) is 39.2 Å². The topological polar surface area (TPSA) is 37.8 Å².